The molecule has 2 rings (SSSR count). The van der Waals surface area contributed by atoms with Crippen LogP contribution in [-0.2, 0) is 7.05 Å². The molecule has 0 bridgehead atoms. The van der Waals surface area contributed by atoms with E-state index >= 15 is 0 Å². The van der Waals surface area contributed by atoms with Crippen LogP contribution in [-0.4, -0.2) is 27.6 Å². The van der Waals surface area contributed by atoms with Gasteiger partial charge in [-0.25, -0.2) is 0 Å². The summed E-state index contributed by atoms with van der Waals surface area (Å²) in [6.45, 7) is 1.77. The monoisotopic (exact) mass is 288 g/mol. The number of nitrogens with zero attached hydrogens (tertiary/aromatic N) is 2. The van der Waals surface area contributed by atoms with E-state index in [1.807, 2.05) is 18.4 Å². The lowest BCUT2D eigenvalue weighted by molar-refractivity contribution is 0.0894. The summed E-state index contributed by atoms with van der Waals surface area (Å²) in [4.78, 5) is 25.3. The maximum absolute atomic E-state index is 12.1. The number of hydrogen-bond donors (Lipinski definition) is 0. The predicted octanol–water partition coefficient (Wildman–Crippen LogP) is 2.91. The van der Waals surface area contributed by atoms with E-state index in [1.165, 1.54) is 0 Å². The van der Waals surface area contributed by atoms with E-state index < -0.39 is 0 Å². The van der Waals surface area contributed by atoms with Crippen molar-refractivity contribution in [3.63, 3.8) is 0 Å². The van der Waals surface area contributed by atoms with Gasteiger partial charge in [-0.05, 0) is 25.3 Å². The van der Waals surface area contributed by atoms with Crippen molar-refractivity contribution in [2.24, 2.45) is 7.05 Å². The second kappa shape index (κ2) is 6.05. The molecule has 2 aromatic rings. The second-order valence-electron chi connectivity index (χ2n) is 4.55. The number of carbonyl (C=O) groups is 2. The smallest absolute Gasteiger partial charge is 0.174 e. The number of aromatic nitrogens is 2. The first-order chi connectivity index (χ1) is 9.51. The standard InChI is InChI=1S/C15H16N2O2S/c1-10-13(9-17(2)16-10)15(19)8-14(18)11-4-6-12(20-3)7-5-11/h4-7,9H,8H2,1-3H3. The lowest BCUT2D eigenvalue weighted by atomic mass is 10.0. The van der Waals surface area contributed by atoms with E-state index in [-0.39, 0.29) is 18.0 Å². The highest BCUT2D eigenvalue weighted by Gasteiger charge is 2.17. The van der Waals surface area contributed by atoms with Crippen LogP contribution >= 0.6 is 11.8 Å². The van der Waals surface area contributed by atoms with Gasteiger partial charge in [0.15, 0.2) is 11.6 Å². The van der Waals surface area contributed by atoms with Crippen molar-refractivity contribution in [1.82, 2.24) is 9.78 Å². The van der Waals surface area contributed by atoms with Gasteiger partial charge in [-0.1, -0.05) is 12.1 Å². The number of thioether (sulfide) groups is 1. The van der Waals surface area contributed by atoms with Crippen molar-refractivity contribution >= 4 is 23.3 Å². The van der Waals surface area contributed by atoms with E-state index in [9.17, 15) is 9.59 Å². The zero-order valence-electron chi connectivity index (χ0n) is 11.7. The van der Waals surface area contributed by atoms with Gasteiger partial charge in [0.1, 0.15) is 0 Å². The Hall–Kier alpha value is -1.88. The SMILES string of the molecule is CSc1ccc(C(=O)CC(=O)c2cn(C)nc2C)cc1. The summed E-state index contributed by atoms with van der Waals surface area (Å²) in [6.07, 6.45) is 3.51. The Balaban J connectivity index is 2.10. The van der Waals surface area contributed by atoms with Crippen molar-refractivity contribution in [2.75, 3.05) is 6.26 Å². The van der Waals surface area contributed by atoms with Gasteiger partial charge in [0.2, 0.25) is 0 Å². The van der Waals surface area contributed by atoms with Gasteiger partial charge >= 0.3 is 0 Å². The zero-order valence-corrected chi connectivity index (χ0v) is 12.5. The Morgan fingerprint density at radius 2 is 1.85 bits per heavy atom. The Kier molecular flexibility index (Phi) is 4.39. The van der Waals surface area contributed by atoms with E-state index in [0.717, 1.165) is 4.90 Å². The third-order valence-corrected chi connectivity index (χ3v) is 3.79. The van der Waals surface area contributed by atoms with Crippen molar-refractivity contribution in [2.45, 2.75) is 18.2 Å². The molecular weight excluding hydrogens is 272 g/mol. The maximum Gasteiger partial charge on any atom is 0.174 e. The molecule has 0 radical (unpaired) electrons. The van der Waals surface area contributed by atoms with Gasteiger partial charge in [0, 0.05) is 23.7 Å². The number of benzene rings is 1. The zero-order chi connectivity index (χ0) is 14.7. The molecule has 4 nitrogen and oxygen atoms in total. The number of hydrogen-bond acceptors (Lipinski definition) is 4. The third kappa shape index (κ3) is 3.17. The van der Waals surface area contributed by atoms with Gasteiger partial charge in [-0.3, -0.25) is 14.3 Å². The van der Waals surface area contributed by atoms with Crippen molar-refractivity contribution in [3.05, 3.63) is 47.3 Å². The second-order valence-corrected chi connectivity index (χ2v) is 5.43. The van der Waals surface area contributed by atoms with E-state index in [1.54, 1.807) is 48.7 Å². The fourth-order valence-corrected chi connectivity index (χ4v) is 2.40. The van der Waals surface area contributed by atoms with E-state index in [2.05, 4.69) is 5.10 Å². The first-order valence-electron chi connectivity index (χ1n) is 6.22. The van der Waals surface area contributed by atoms with Crippen LogP contribution in [0.3, 0.4) is 0 Å². The molecule has 0 amide bonds. The van der Waals surface area contributed by atoms with E-state index in [4.69, 9.17) is 0 Å². The molecule has 0 spiro atoms. The number of ketones is 2. The number of carbonyl (C=O) groups excluding carboxylic acids is 2. The summed E-state index contributed by atoms with van der Waals surface area (Å²) in [5.74, 6) is -0.347. The summed E-state index contributed by atoms with van der Waals surface area (Å²) >= 11 is 1.62. The van der Waals surface area contributed by atoms with Gasteiger partial charge in [0.05, 0.1) is 17.7 Å². The van der Waals surface area contributed by atoms with Crippen molar-refractivity contribution < 1.29 is 9.59 Å². The first kappa shape index (κ1) is 14.5. The molecule has 20 heavy (non-hydrogen) atoms. The number of aryl methyl sites for hydroxylation is 2. The fraction of sp³-hybridized carbons (Fsp3) is 0.267. The minimum absolute atomic E-state index is 0.120. The minimum Gasteiger partial charge on any atom is -0.294 e. The predicted molar refractivity (Wildman–Crippen MR) is 79.4 cm³/mol. The van der Waals surface area contributed by atoms with Crippen LogP contribution in [0, 0.1) is 6.92 Å². The fourth-order valence-electron chi connectivity index (χ4n) is 1.99. The average Bonchev–Trinajstić information content (AvgIpc) is 2.78. The summed E-state index contributed by atoms with van der Waals surface area (Å²) in [6, 6.07) is 7.30. The quantitative estimate of drug-likeness (QED) is 0.482. The summed E-state index contributed by atoms with van der Waals surface area (Å²) in [5, 5.41) is 4.12. The van der Waals surface area contributed by atoms with E-state index in [0.29, 0.717) is 16.8 Å². The van der Waals surface area contributed by atoms with Crippen LogP contribution in [0.2, 0.25) is 0 Å². The van der Waals surface area contributed by atoms with Crippen LogP contribution in [0.15, 0.2) is 35.4 Å². The van der Waals surface area contributed by atoms with Gasteiger partial charge < -0.3 is 0 Å². The molecule has 1 heterocycles. The molecule has 104 valence electrons. The molecule has 5 heteroatoms. The Labute approximate surface area is 122 Å². The first-order valence-corrected chi connectivity index (χ1v) is 7.44. The molecule has 0 N–H and O–H groups in total. The molecule has 0 aliphatic heterocycles. The van der Waals surface area contributed by atoms with Gasteiger partial charge in [-0.2, -0.15) is 5.10 Å². The van der Waals surface area contributed by atoms with Crippen LogP contribution in [0.25, 0.3) is 0 Å². The highest BCUT2D eigenvalue weighted by atomic mass is 32.2. The Morgan fingerprint density at radius 3 is 2.35 bits per heavy atom. The van der Waals surface area contributed by atoms with Crippen LogP contribution in [0.5, 0.6) is 0 Å². The molecule has 1 aromatic carbocycles. The molecule has 0 aliphatic carbocycles. The summed E-state index contributed by atoms with van der Waals surface area (Å²) in [7, 11) is 1.76. The van der Waals surface area contributed by atoms with Crippen LogP contribution < -0.4 is 0 Å². The largest absolute Gasteiger partial charge is 0.294 e. The van der Waals surface area contributed by atoms with Gasteiger partial charge in [-0.15, -0.1) is 11.8 Å². The molecule has 1 aromatic heterocycles. The van der Waals surface area contributed by atoms with Crippen molar-refractivity contribution in [1.29, 1.82) is 0 Å². The van der Waals surface area contributed by atoms with Crippen LogP contribution in [0.1, 0.15) is 32.8 Å². The molecule has 0 aliphatic rings. The molecule has 0 saturated heterocycles. The Morgan fingerprint density at radius 1 is 1.20 bits per heavy atom. The third-order valence-electron chi connectivity index (χ3n) is 3.05. The topological polar surface area (TPSA) is 52.0 Å². The summed E-state index contributed by atoms with van der Waals surface area (Å²) < 4.78 is 1.58. The average molecular weight is 288 g/mol. The maximum atomic E-state index is 12.1. The van der Waals surface area contributed by atoms with Crippen molar-refractivity contribution in [3.8, 4) is 0 Å². The highest BCUT2D eigenvalue weighted by molar-refractivity contribution is 7.98. The molecule has 0 atom stereocenters. The molecular formula is C15H16N2O2S. The van der Waals surface area contributed by atoms with Crippen LogP contribution in [0.4, 0.5) is 0 Å². The van der Waals surface area contributed by atoms with Gasteiger partial charge in [0.25, 0.3) is 0 Å². The Bertz CT molecular complexity index is 644. The molecule has 0 fully saturated rings. The normalized spacial score (nSPS) is 10.6. The minimum atomic E-state index is -0.186. The number of rotatable bonds is 5. The summed E-state index contributed by atoms with van der Waals surface area (Å²) in [5.41, 5.74) is 1.74. The molecule has 0 saturated carbocycles. The molecule has 0 unspecified atom stereocenters. The lowest BCUT2D eigenvalue weighted by Gasteiger charge is -2.01. The highest BCUT2D eigenvalue weighted by Crippen LogP contribution is 2.17. The lowest BCUT2D eigenvalue weighted by Crippen LogP contribution is -2.09. The number of Topliss-reactive ketones (excluding diaryl/α,β-unsaturated/α-hetero) is 2.